The molecule has 2 aromatic rings. The Kier molecular flexibility index (Phi) is 8.90. The lowest BCUT2D eigenvalue weighted by Crippen LogP contribution is -2.38. The summed E-state index contributed by atoms with van der Waals surface area (Å²) in [5.41, 5.74) is 3.73. The van der Waals surface area contributed by atoms with Gasteiger partial charge in [-0.25, -0.2) is 4.79 Å². The molecule has 2 aromatic carbocycles. The first kappa shape index (κ1) is 25.3. The van der Waals surface area contributed by atoms with E-state index >= 15 is 0 Å². The molecule has 188 valence electrons. The number of hydrogen-bond acceptors (Lipinski definition) is 7. The van der Waals surface area contributed by atoms with E-state index in [-0.39, 0.29) is 31.5 Å². The smallest absolute Gasteiger partial charge is 0.407 e. The van der Waals surface area contributed by atoms with Crippen LogP contribution in [0.2, 0.25) is 0 Å². The zero-order valence-corrected chi connectivity index (χ0v) is 19.8. The van der Waals surface area contributed by atoms with Gasteiger partial charge in [0, 0.05) is 38.2 Å². The van der Waals surface area contributed by atoms with E-state index < -0.39 is 12.4 Å². The summed E-state index contributed by atoms with van der Waals surface area (Å²) < 4.78 is 17.7. The van der Waals surface area contributed by atoms with Gasteiger partial charge in [-0.2, -0.15) is 0 Å². The van der Waals surface area contributed by atoms with Crippen LogP contribution in [0.5, 0.6) is 0 Å². The van der Waals surface area contributed by atoms with Crippen LogP contribution in [0.1, 0.15) is 47.5 Å². The van der Waals surface area contributed by atoms with E-state index in [4.69, 9.17) is 14.2 Å². The normalized spacial score (nSPS) is 24.7. The second-order valence-electron chi connectivity index (χ2n) is 9.03. The molecular weight excluding hydrogens is 448 g/mol. The molecule has 0 spiro atoms. The largest absolute Gasteiger partial charge is 0.445 e. The predicted molar refractivity (Wildman–Crippen MR) is 130 cm³/mol. The van der Waals surface area contributed by atoms with Gasteiger partial charge >= 0.3 is 6.09 Å². The van der Waals surface area contributed by atoms with E-state index in [0.717, 1.165) is 41.8 Å². The van der Waals surface area contributed by atoms with Gasteiger partial charge in [0.05, 0.1) is 24.9 Å². The molecule has 4 atom stereocenters. The summed E-state index contributed by atoms with van der Waals surface area (Å²) in [6, 6.07) is 15.6. The average molecular weight is 483 g/mol. The second kappa shape index (κ2) is 12.3. The molecule has 4 rings (SSSR count). The summed E-state index contributed by atoms with van der Waals surface area (Å²) in [6.45, 7) is 6.30. The zero-order chi connectivity index (χ0) is 24.6. The van der Waals surface area contributed by atoms with Gasteiger partial charge in [-0.3, -0.25) is 4.90 Å². The van der Waals surface area contributed by atoms with Crippen LogP contribution in [0.3, 0.4) is 0 Å². The molecule has 2 saturated heterocycles. The van der Waals surface area contributed by atoms with E-state index in [2.05, 4.69) is 16.8 Å². The molecule has 3 N–H and O–H groups in total. The minimum Gasteiger partial charge on any atom is -0.445 e. The average Bonchev–Trinajstić information content (AvgIpc) is 3.30. The molecule has 1 amide bonds. The molecule has 2 fully saturated rings. The number of alkyl carbamates (subject to hydrolysis) is 1. The molecule has 0 radical (unpaired) electrons. The van der Waals surface area contributed by atoms with E-state index in [1.54, 1.807) is 0 Å². The number of hydrogen-bond donors (Lipinski definition) is 3. The van der Waals surface area contributed by atoms with Crippen LogP contribution >= 0.6 is 0 Å². The van der Waals surface area contributed by atoms with Crippen molar-refractivity contribution in [3.05, 3.63) is 83.4 Å². The van der Waals surface area contributed by atoms with Crippen molar-refractivity contribution < 1.29 is 29.2 Å². The van der Waals surface area contributed by atoms with Gasteiger partial charge in [-0.15, -0.1) is 0 Å². The van der Waals surface area contributed by atoms with Gasteiger partial charge < -0.3 is 29.7 Å². The number of aliphatic hydroxyl groups excluding tert-OH is 2. The number of benzene rings is 2. The van der Waals surface area contributed by atoms with Crippen LogP contribution in [-0.4, -0.2) is 59.7 Å². The van der Waals surface area contributed by atoms with Gasteiger partial charge in [-0.1, -0.05) is 61.2 Å². The Balaban J connectivity index is 1.44. The summed E-state index contributed by atoms with van der Waals surface area (Å²) in [6.07, 6.45) is 1.50. The summed E-state index contributed by atoms with van der Waals surface area (Å²) in [4.78, 5) is 13.9. The number of carbonyl (C=O) groups is 1. The molecule has 0 aliphatic carbocycles. The highest BCUT2D eigenvalue weighted by Crippen LogP contribution is 2.38. The van der Waals surface area contributed by atoms with Crippen LogP contribution in [0.15, 0.2) is 61.2 Å². The third kappa shape index (κ3) is 7.13. The Bertz CT molecular complexity index is 965. The Morgan fingerprint density at radius 1 is 1.11 bits per heavy atom. The number of nitrogens with one attached hydrogen (secondary N) is 1. The number of likely N-dealkylation sites (tertiary alicyclic amines) is 1. The van der Waals surface area contributed by atoms with Crippen LogP contribution in [0, 0.1) is 0 Å². The lowest BCUT2D eigenvalue weighted by molar-refractivity contribution is -0.252. The van der Waals surface area contributed by atoms with Crippen LogP contribution in [0.25, 0.3) is 0 Å². The Hall–Kier alpha value is -2.75. The highest BCUT2D eigenvalue weighted by Gasteiger charge is 2.34. The van der Waals surface area contributed by atoms with Crippen molar-refractivity contribution in [2.24, 2.45) is 0 Å². The van der Waals surface area contributed by atoms with Crippen molar-refractivity contribution in [1.82, 2.24) is 10.2 Å². The third-order valence-electron chi connectivity index (χ3n) is 6.35. The number of nitrogens with zero attached hydrogens (tertiary/aromatic N) is 1. The maximum Gasteiger partial charge on any atom is 0.407 e. The maximum absolute atomic E-state index is 11.6. The molecule has 8 nitrogen and oxygen atoms in total. The van der Waals surface area contributed by atoms with Gasteiger partial charge in [-0.05, 0) is 23.1 Å². The first-order chi connectivity index (χ1) is 17.0. The molecule has 2 heterocycles. The molecule has 35 heavy (non-hydrogen) atoms. The molecule has 8 heteroatoms. The van der Waals surface area contributed by atoms with Crippen molar-refractivity contribution in [2.45, 2.75) is 50.6 Å². The van der Waals surface area contributed by atoms with Crippen LogP contribution in [-0.2, 0) is 27.4 Å². The van der Waals surface area contributed by atoms with Crippen molar-refractivity contribution in [3.63, 3.8) is 0 Å². The fourth-order valence-electron chi connectivity index (χ4n) is 4.45. The molecule has 2 aliphatic heterocycles. The van der Waals surface area contributed by atoms with Crippen molar-refractivity contribution in [1.29, 1.82) is 0 Å². The van der Waals surface area contributed by atoms with Crippen LogP contribution < -0.4 is 5.32 Å². The standard InChI is InChI=1S/C27H34N2O6/c1-2-13-33-27(32)28-15-19-3-9-22(10-4-19)26-34-24(17-29-12-11-23(31)16-29)14-25(35-26)21-7-5-20(18-30)6-8-21/h2-10,23-26,30-31H,1,11-18H2,(H,28,32)/t23-,24-,25+,26+/m0/s1. The van der Waals surface area contributed by atoms with Gasteiger partial charge in [0.2, 0.25) is 0 Å². The third-order valence-corrected chi connectivity index (χ3v) is 6.35. The molecule has 0 unspecified atom stereocenters. The fraction of sp³-hybridized carbons (Fsp3) is 0.444. The second-order valence-corrected chi connectivity index (χ2v) is 9.03. The van der Waals surface area contributed by atoms with E-state index in [1.165, 1.54) is 6.08 Å². The van der Waals surface area contributed by atoms with E-state index in [0.29, 0.717) is 19.5 Å². The molecular formula is C27H34N2O6. The van der Waals surface area contributed by atoms with Gasteiger partial charge in [0.15, 0.2) is 6.29 Å². The van der Waals surface area contributed by atoms with Crippen molar-refractivity contribution >= 4 is 6.09 Å². The summed E-state index contributed by atoms with van der Waals surface area (Å²) >= 11 is 0. The lowest BCUT2D eigenvalue weighted by Gasteiger charge is -2.37. The van der Waals surface area contributed by atoms with Crippen molar-refractivity contribution in [2.75, 3.05) is 26.2 Å². The molecule has 0 aromatic heterocycles. The number of aliphatic hydroxyl groups is 2. The number of β-amino-alcohol motifs (C(OH)–C–C–N with tert-alkyl or cyclic N) is 1. The topological polar surface area (TPSA) is 100 Å². The maximum atomic E-state index is 11.6. The molecule has 0 saturated carbocycles. The lowest BCUT2D eigenvalue weighted by atomic mass is 9.99. The molecule has 0 bridgehead atoms. The summed E-state index contributed by atoms with van der Waals surface area (Å²) in [5, 5.41) is 22.0. The highest BCUT2D eigenvalue weighted by atomic mass is 16.7. The minimum absolute atomic E-state index is 0.00460. The number of amides is 1. The minimum atomic E-state index is -0.539. The number of rotatable bonds is 9. The summed E-state index contributed by atoms with van der Waals surface area (Å²) in [7, 11) is 0. The number of ether oxygens (including phenoxy) is 3. The van der Waals surface area contributed by atoms with Crippen LogP contribution in [0.4, 0.5) is 4.79 Å². The Morgan fingerprint density at radius 2 is 1.83 bits per heavy atom. The van der Waals surface area contributed by atoms with E-state index in [9.17, 15) is 15.0 Å². The fourth-order valence-corrected chi connectivity index (χ4v) is 4.45. The SMILES string of the molecule is C=CCOC(=O)NCc1ccc([C@@H]2O[C@H](CN3CC[C@H](O)C3)C[C@H](c3ccc(CO)cc3)O2)cc1. The van der Waals surface area contributed by atoms with Gasteiger partial charge in [0.1, 0.15) is 6.61 Å². The quantitative estimate of drug-likeness (QED) is 0.472. The van der Waals surface area contributed by atoms with Crippen molar-refractivity contribution in [3.8, 4) is 0 Å². The predicted octanol–water partition coefficient (Wildman–Crippen LogP) is 3.20. The Labute approximate surface area is 206 Å². The summed E-state index contributed by atoms with van der Waals surface area (Å²) in [5.74, 6) is 0. The Morgan fingerprint density at radius 3 is 2.49 bits per heavy atom. The first-order valence-electron chi connectivity index (χ1n) is 12.1. The van der Waals surface area contributed by atoms with E-state index in [1.807, 2.05) is 48.5 Å². The number of carbonyl (C=O) groups excluding carboxylic acids is 1. The van der Waals surface area contributed by atoms with Gasteiger partial charge in [0.25, 0.3) is 0 Å². The highest BCUT2D eigenvalue weighted by molar-refractivity contribution is 5.67. The molecule has 2 aliphatic rings. The first-order valence-corrected chi connectivity index (χ1v) is 12.1. The zero-order valence-electron chi connectivity index (χ0n) is 19.8. The monoisotopic (exact) mass is 482 g/mol.